The molecule has 0 N–H and O–H groups in total. The van der Waals surface area contributed by atoms with Gasteiger partial charge in [0.2, 0.25) is 0 Å². The van der Waals surface area contributed by atoms with Crippen LogP contribution in [0.1, 0.15) is 37.6 Å². The minimum absolute atomic E-state index is 0.107. The van der Waals surface area contributed by atoms with Crippen molar-refractivity contribution in [3.8, 4) is 0 Å². The monoisotopic (exact) mass is 269 g/mol. The summed E-state index contributed by atoms with van der Waals surface area (Å²) in [5, 5.41) is 2.63. The number of thiophene rings is 1. The van der Waals surface area contributed by atoms with E-state index in [1.807, 2.05) is 0 Å². The first kappa shape index (κ1) is 12.6. The molecule has 0 amide bonds. The molecule has 2 heteroatoms. The molecule has 0 spiro atoms. The summed E-state index contributed by atoms with van der Waals surface area (Å²) in [5.74, 6) is 0. The van der Waals surface area contributed by atoms with E-state index in [9.17, 15) is 0 Å². The topological polar surface area (TPSA) is 12.9 Å². The van der Waals surface area contributed by atoms with E-state index < -0.39 is 0 Å². The van der Waals surface area contributed by atoms with Crippen molar-refractivity contribution in [2.24, 2.45) is 0 Å². The number of benzene rings is 1. The third-order valence-electron chi connectivity index (χ3n) is 3.72. The predicted molar refractivity (Wildman–Crippen MR) is 85.3 cm³/mol. The Kier molecular flexibility index (Phi) is 2.68. The number of fused-ring (bicyclic) bond motifs is 3. The lowest BCUT2D eigenvalue weighted by Gasteiger charge is -2.17. The van der Waals surface area contributed by atoms with E-state index in [-0.39, 0.29) is 5.41 Å². The maximum atomic E-state index is 4.86. The van der Waals surface area contributed by atoms with Crippen molar-refractivity contribution in [3.05, 3.63) is 41.1 Å². The average Bonchev–Trinajstić information content (AvgIpc) is 2.65. The van der Waals surface area contributed by atoms with E-state index in [2.05, 4.69) is 58.9 Å². The number of pyridine rings is 1. The lowest BCUT2D eigenvalue weighted by Crippen LogP contribution is -2.12. The third kappa shape index (κ3) is 2.04. The largest absolute Gasteiger partial charge is 0.241 e. The Morgan fingerprint density at radius 2 is 1.63 bits per heavy atom. The van der Waals surface area contributed by atoms with Crippen LogP contribution in [0.4, 0.5) is 0 Å². The quantitative estimate of drug-likeness (QED) is 0.535. The first-order valence-electron chi connectivity index (χ1n) is 6.67. The normalized spacial score (nSPS) is 12.5. The van der Waals surface area contributed by atoms with Crippen molar-refractivity contribution in [2.45, 2.75) is 40.0 Å². The second-order valence-electron chi connectivity index (χ2n) is 6.33. The molecule has 19 heavy (non-hydrogen) atoms. The van der Waals surface area contributed by atoms with Gasteiger partial charge in [0.1, 0.15) is 4.83 Å². The minimum atomic E-state index is 0.107. The van der Waals surface area contributed by atoms with E-state index in [4.69, 9.17) is 4.98 Å². The smallest absolute Gasteiger partial charge is 0.124 e. The van der Waals surface area contributed by atoms with Gasteiger partial charge in [-0.3, -0.25) is 0 Å². The number of hydrogen-bond donors (Lipinski definition) is 0. The van der Waals surface area contributed by atoms with Gasteiger partial charge in [0.15, 0.2) is 0 Å². The minimum Gasteiger partial charge on any atom is -0.241 e. The molecule has 1 aromatic carbocycles. The Labute approximate surface area is 118 Å². The zero-order valence-corrected chi connectivity index (χ0v) is 13.0. The highest BCUT2D eigenvalue weighted by atomic mass is 32.1. The van der Waals surface area contributed by atoms with Crippen LogP contribution >= 0.6 is 11.3 Å². The summed E-state index contributed by atoms with van der Waals surface area (Å²) >= 11 is 1.80. The predicted octanol–water partition coefficient (Wildman–Crippen LogP) is 5.36. The van der Waals surface area contributed by atoms with Gasteiger partial charge in [0.05, 0.1) is 0 Å². The van der Waals surface area contributed by atoms with Crippen LogP contribution in [0.3, 0.4) is 0 Å². The standard InChI is InChI=1S/C17H19NS/c1-10-8-13-12-6-7-15(17(3,4)5)18-16(12)19-14(13)9-11(10)2/h6-9H,1-5H3. The molecule has 2 aromatic heterocycles. The molecule has 98 valence electrons. The van der Waals surface area contributed by atoms with Crippen molar-refractivity contribution >= 4 is 31.6 Å². The summed E-state index contributed by atoms with van der Waals surface area (Å²) in [7, 11) is 0. The van der Waals surface area contributed by atoms with Crippen LogP contribution in [-0.2, 0) is 5.41 Å². The number of nitrogens with zero attached hydrogens (tertiary/aromatic N) is 1. The van der Waals surface area contributed by atoms with Crippen LogP contribution in [0.2, 0.25) is 0 Å². The Balaban J connectivity index is 2.34. The zero-order valence-electron chi connectivity index (χ0n) is 12.2. The highest BCUT2D eigenvalue weighted by Crippen LogP contribution is 2.35. The summed E-state index contributed by atoms with van der Waals surface area (Å²) in [6, 6.07) is 8.98. The molecular weight excluding hydrogens is 250 g/mol. The number of hydrogen-bond acceptors (Lipinski definition) is 2. The van der Waals surface area contributed by atoms with Crippen LogP contribution in [0.25, 0.3) is 20.3 Å². The summed E-state index contributed by atoms with van der Waals surface area (Å²) < 4.78 is 1.34. The number of aryl methyl sites for hydroxylation is 2. The van der Waals surface area contributed by atoms with Gasteiger partial charge < -0.3 is 0 Å². The number of rotatable bonds is 0. The van der Waals surface area contributed by atoms with Crippen molar-refractivity contribution < 1.29 is 0 Å². The first-order valence-corrected chi connectivity index (χ1v) is 7.49. The molecule has 0 atom stereocenters. The highest BCUT2D eigenvalue weighted by molar-refractivity contribution is 7.25. The van der Waals surface area contributed by atoms with Gasteiger partial charge in [-0.15, -0.1) is 11.3 Å². The van der Waals surface area contributed by atoms with Gasteiger partial charge in [-0.2, -0.15) is 0 Å². The fourth-order valence-electron chi connectivity index (χ4n) is 2.33. The summed E-state index contributed by atoms with van der Waals surface area (Å²) in [6.45, 7) is 11.0. The van der Waals surface area contributed by atoms with Crippen LogP contribution < -0.4 is 0 Å². The summed E-state index contributed by atoms with van der Waals surface area (Å²) in [5.41, 5.74) is 3.98. The molecule has 0 aliphatic carbocycles. The molecule has 0 unspecified atom stereocenters. The molecule has 0 saturated heterocycles. The highest BCUT2D eigenvalue weighted by Gasteiger charge is 2.17. The molecule has 0 bridgehead atoms. The Bertz CT molecular complexity index is 775. The van der Waals surface area contributed by atoms with Crippen molar-refractivity contribution in [3.63, 3.8) is 0 Å². The molecule has 0 saturated carbocycles. The van der Waals surface area contributed by atoms with E-state index >= 15 is 0 Å². The van der Waals surface area contributed by atoms with Crippen molar-refractivity contribution in [1.82, 2.24) is 4.98 Å². The molecule has 0 radical (unpaired) electrons. The molecule has 0 fully saturated rings. The molecule has 2 heterocycles. The second kappa shape index (κ2) is 4.04. The molecule has 0 aliphatic rings. The van der Waals surface area contributed by atoms with Gasteiger partial charge in [-0.25, -0.2) is 4.98 Å². The van der Waals surface area contributed by atoms with E-state index in [1.54, 1.807) is 11.3 Å². The zero-order chi connectivity index (χ0) is 13.8. The van der Waals surface area contributed by atoms with Crippen LogP contribution in [0.5, 0.6) is 0 Å². The molecule has 3 aromatic rings. The molecule has 0 aliphatic heterocycles. The third-order valence-corrected chi connectivity index (χ3v) is 4.78. The fourth-order valence-corrected chi connectivity index (χ4v) is 3.48. The van der Waals surface area contributed by atoms with E-state index in [1.165, 1.54) is 32.3 Å². The van der Waals surface area contributed by atoms with Crippen LogP contribution in [0, 0.1) is 13.8 Å². The van der Waals surface area contributed by atoms with Gasteiger partial charge in [0, 0.05) is 26.6 Å². The summed E-state index contributed by atoms with van der Waals surface area (Å²) in [6.07, 6.45) is 0. The van der Waals surface area contributed by atoms with Crippen molar-refractivity contribution in [2.75, 3.05) is 0 Å². The van der Waals surface area contributed by atoms with Crippen LogP contribution in [0.15, 0.2) is 24.3 Å². The molecule has 3 rings (SSSR count). The lowest BCUT2D eigenvalue weighted by atomic mass is 9.91. The van der Waals surface area contributed by atoms with E-state index in [0.29, 0.717) is 0 Å². The Morgan fingerprint density at radius 3 is 2.32 bits per heavy atom. The maximum absolute atomic E-state index is 4.86. The van der Waals surface area contributed by atoms with Gasteiger partial charge in [-0.1, -0.05) is 20.8 Å². The van der Waals surface area contributed by atoms with Gasteiger partial charge >= 0.3 is 0 Å². The molecule has 1 nitrogen and oxygen atoms in total. The Morgan fingerprint density at radius 1 is 0.947 bits per heavy atom. The molecular formula is C17H19NS. The van der Waals surface area contributed by atoms with Gasteiger partial charge in [0.25, 0.3) is 0 Å². The second-order valence-corrected chi connectivity index (χ2v) is 7.36. The lowest BCUT2D eigenvalue weighted by molar-refractivity contribution is 0.572. The number of aromatic nitrogens is 1. The van der Waals surface area contributed by atoms with Gasteiger partial charge in [-0.05, 0) is 49.2 Å². The SMILES string of the molecule is Cc1cc2sc3nc(C(C)(C)C)ccc3c2cc1C. The fraction of sp³-hybridized carbons (Fsp3) is 0.353. The van der Waals surface area contributed by atoms with Crippen molar-refractivity contribution in [1.29, 1.82) is 0 Å². The Hall–Kier alpha value is -1.41. The van der Waals surface area contributed by atoms with E-state index in [0.717, 1.165) is 4.83 Å². The summed E-state index contributed by atoms with van der Waals surface area (Å²) in [4.78, 5) is 6.02. The first-order chi connectivity index (χ1) is 8.86. The maximum Gasteiger partial charge on any atom is 0.124 e. The average molecular weight is 269 g/mol. The van der Waals surface area contributed by atoms with Crippen LogP contribution in [-0.4, -0.2) is 4.98 Å².